The lowest BCUT2D eigenvalue weighted by Crippen LogP contribution is -2.44. The molecule has 152 valence electrons. The Morgan fingerprint density at radius 1 is 1.04 bits per heavy atom. The summed E-state index contributed by atoms with van der Waals surface area (Å²) < 4.78 is 92.2. The van der Waals surface area contributed by atoms with E-state index in [-0.39, 0.29) is 6.07 Å². The summed E-state index contributed by atoms with van der Waals surface area (Å²) >= 11 is 5.70. The minimum atomic E-state index is -5.76. The Morgan fingerprint density at radius 2 is 1.64 bits per heavy atom. The van der Waals surface area contributed by atoms with Crippen LogP contribution >= 0.6 is 19.2 Å². The second-order valence-corrected chi connectivity index (χ2v) is 7.44. The van der Waals surface area contributed by atoms with Crippen LogP contribution < -0.4 is 4.90 Å². The van der Waals surface area contributed by atoms with Gasteiger partial charge in [-0.2, -0.15) is 13.2 Å². The maximum Gasteiger partial charge on any atom is 0.471 e. The molecule has 0 heterocycles. The number of hydrogen-bond acceptors (Lipinski definition) is 2. The Balaban J connectivity index is 2.85. The van der Waals surface area contributed by atoms with Crippen molar-refractivity contribution >= 4 is 30.8 Å². The van der Waals surface area contributed by atoms with Gasteiger partial charge < -0.3 is 9.79 Å². The van der Waals surface area contributed by atoms with Gasteiger partial charge >= 0.3 is 19.7 Å². The molecule has 0 spiro atoms. The standard InChI is InChI=1S/C15H9ClF6NO4P/c16-8-2-1-3-10(18)12(8)13(28(25,26)27)23(14(24)15(20,21)22)7-4-5-9(17)11(19)6-7/h1-6,13H,(H2,25,26,27). The van der Waals surface area contributed by atoms with Gasteiger partial charge in [-0.05, 0) is 24.3 Å². The third-order valence-corrected chi connectivity index (χ3v) is 4.92. The Morgan fingerprint density at radius 3 is 2.11 bits per heavy atom. The molecule has 0 aliphatic heterocycles. The fraction of sp³-hybridized carbons (Fsp3) is 0.133. The van der Waals surface area contributed by atoms with Gasteiger partial charge in [0, 0.05) is 22.3 Å². The van der Waals surface area contributed by atoms with Gasteiger partial charge in [-0.1, -0.05) is 17.7 Å². The minimum Gasteiger partial charge on any atom is -0.323 e. The van der Waals surface area contributed by atoms with Crippen molar-refractivity contribution in [2.75, 3.05) is 4.90 Å². The molecule has 0 saturated carbocycles. The molecule has 1 unspecified atom stereocenters. The number of carbonyl (C=O) groups excluding carboxylic acids is 1. The predicted octanol–water partition coefficient (Wildman–Crippen LogP) is 4.53. The van der Waals surface area contributed by atoms with E-state index in [0.717, 1.165) is 12.1 Å². The quantitative estimate of drug-likeness (QED) is 0.533. The summed E-state index contributed by atoms with van der Waals surface area (Å²) in [5.74, 6) is -10.4. The number of halogens is 7. The molecule has 0 aliphatic rings. The lowest BCUT2D eigenvalue weighted by Gasteiger charge is -2.33. The summed E-state index contributed by atoms with van der Waals surface area (Å²) in [4.78, 5) is 30.6. The van der Waals surface area contributed by atoms with Gasteiger partial charge in [-0.25, -0.2) is 13.2 Å². The molecular weight excluding hydrogens is 439 g/mol. The maximum absolute atomic E-state index is 14.2. The number of benzene rings is 2. The van der Waals surface area contributed by atoms with Gasteiger partial charge in [0.25, 0.3) is 0 Å². The highest BCUT2D eigenvalue weighted by atomic mass is 35.5. The molecule has 5 nitrogen and oxygen atoms in total. The van der Waals surface area contributed by atoms with Gasteiger partial charge in [0.2, 0.25) is 0 Å². The van der Waals surface area contributed by atoms with Crippen LogP contribution in [0.4, 0.5) is 32.0 Å². The number of hydrogen-bond donors (Lipinski definition) is 2. The van der Waals surface area contributed by atoms with Crippen molar-refractivity contribution in [2.24, 2.45) is 0 Å². The highest BCUT2D eigenvalue weighted by Crippen LogP contribution is 2.57. The number of rotatable bonds is 4. The third-order valence-electron chi connectivity index (χ3n) is 3.46. The van der Waals surface area contributed by atoms with Gasteiger partial charge in [0.15, 0.2) is 17.4 Å². The monoisotopic (exact) mass is 447 g/mol. The highest BCUT2D eigenvalue weighted by Gasteiger charge is 2.51. The van der Waals surface area contributed by atoms with Crippen molar-refractivity contribution in [1.82, 2.24) is 0 Å². The summed E-state index contributed by atoms with van der Waals surface area (Å²) in [6, 6.07) is 3.48. The largest absolute Gasteiger partial charge is 0.471 e. The van der Waals surface area contributed by atoms with Crippen LogP contribution in [-0.4, -0.2) is 21.9 Å². The van der Waals surface area contributed by atoms with Crippen molar-refractivity contribution in [3.63, 3.8) is 0 Å². The molecule has 0 saturated heterocycles. The highest BCUT2D eigenvalue weighted by molar-refractivity contribution is 7.52. The van der Waals surface area contributed by atoms with E-state index in [9.17, 15) is 45.5 Å². The zero-order chi connectivity index (χ0) is 21.4. The molecule has 0 fully saturated rings. The Labute approximate surface area is 158 Å². The number of carbonyl (C=O) groups is 1. The molecule has 2 aromatic carbocycles. The van der Waals surface area contributed by atoms with Gasteiger partial charge in [-0.15, -0.1) is 0 Å². The van der Waals surface area contributed by atoms with Crippen LogP contribution in [0, 0.1) is 17.5 Å². The van der Waals surface area contributed by atoms with E-state index in [1.165, 1.54) is 0 Å². The van der Waals surface area contributed by atoms with Gasteiger partial charge in [0.05, 0.1) is 0 Å². The number of nitrogens with zero attached hydrogens (tertiary/aromatic N) is 1. The Hall–Kier alpha value is -2.07. The third kappa shape index (κ3) is 4.49. The molecule has 28 heavy (non-hydrogen) atoms. The molecule has 2 rings (SSSR count). The molecule has 0 aromatic heterocycles. The number of alkyl halides is 3. The van der Waals surface area contributed by atoms with Crippen LogP contribution in [-0.2, 0) is 9.36 Å². The summed E-state index contributed by atoms with van der Waals surface area (Å²) in [7, 11) is -5.76. The predicted molar refractivity (Wildman–Crippen MR) is 86.1 cm³/mol. The lowest BCUT2D eigenvalue weighted by atomic mass is 10.1. The van der Waals surface area contributed by atoms with Crippen molar-refractivity contribution in [3.05, 3.63) is 64.4 Å². The van der Waals surface area contributed by atoms with Crippen molar-refractivity contribution in [1.29, 1.82) is 0 Å². The van der Waals surface area contributed by atoms with Crippen LogP contribution in [0.2, 0.25) is 5.02 Å². The summed E-state index contributed by atoms with van der Waals surface area (Å²) in [6.07, 6.45) is -5.70. The Kier molecular flexibility index (Phi) is 6.15. The SMILES string of the molecule is O=C(N(c1ccc(F)c(F)c1)C(c1c(F)cccc1Cl)P(=O)(O)O)C(F)(F)F. The topological polar surface area (TPSA) is 77.8 Å². The van der Waals surface area contributed by atoms with Crippen LogP contribution in [0.5, 0.6) is 0 Å². The summed E-state index contributed by atoms with van der Waals surface area (Å²) in [5.41, 5.74) is -2.20. The second kappa shape index (κ2) is 7.75. The molecule has 0 aliphatic carbocycles. The van der Waals surface area contributed by atoms with Crippen LogP contribution in [0.1, 0.15) is 11.3 Å². The summed E-state index contributed by atoms with van der Waals surface area (Å²) in [6.45, 7) is 0. The van der Waals surface area contributed by atoms with E-state index in [0.29, 0.717) is 18.2 Å². The van der Waals surface area contributed by atoms with E-state index in [1.807, 2.05) is 0 Å². The van der Waals surface area contributed by atoms with E-state index in [1.54, 1.807) is 0 Å². The molecule has 0 radical (unpaired) electrons. The van der Waals surface area contributed by atoms with Crippen LogP contribution in [0.15, 0.2) is 36.4 Å². The normalized spacial score (nSPS) is 13.3. The first-order valence-corrected chi connectivity index (χ1v) is 9.15. The first-order chi connectivity index (χ1) is 12.7. The van der Waals surface area contributed by atoms with E-state index < -0.39 is 64.1 Å². The van der Waals surface area contributed by atoms with Crippen LogP contribution in [0.3, 0.4) is 0 Å². The van der Waals surface area contributed by atoms with E-state index in [4.69, 9.17) is 11.6 Å². The number of amides is 1. The minimum absolute atomic E-state index is 0.108. The average molecular weight is 448 g/mol. The average Bonchev–Trinajstić information content (AvgIpc) is 2.54. The second-order valence-electron chi connectivity index (χ2n) is 5.37. The van der Waals surface area contributed by atoms with Crippen LogP contribution in [0.25, 0.3) is 0 Å². The molecular formula is C15H9ClF6NO4P. The lowest BCUT2D eigenvalue weighted by molar-refractivity contribution is -0.170. The molecule has 2 N–H and O–H groups in total. The zero-order valence-corrected chi connectivity index (χ0v) is 14.9. The Bertz CT molecular complexity index is 944. The van der Waals surface area contributed by atoms with Gasteiger partial charge in [-0.3, -0.25) is 14.3 Å². The first kappa shape index (κ1) is 22.2. The molecule has 2 aromatic rings. The first-order valence-electron chi connectivity index (χ1n) is 7.09. The molecule has 13 heteroatoms. The molecule has 0 bridgehead atoms. The molecule has 1 amide bonds. The molecule has 1 atom stereocenters. The van der Waals surface area contributed by atoms with Crippen molar-refractivity contribution < 1.29 is 45.5 Å². The van der Waals surface area contributed by atoms with E-state index >= 15 is 0 Å². The fourth-order valence-electron chi connectivity index (χ4n) is 2.35. The summed E-state index contributed by atoms with van der Waals surface area (Å²) in [5, 5.41) is -0.698. The fourth-order valence-corrected chi connectivity index (χ4v) is 3.83. The van der Waals surface area contributed by atoms with Crippen molar-refractivity contribution in [2.45, 2.75) is 12.0 Å². The number of anilines is 1. The van der Waals surface area contributed by atoms with Crippen molar-refractivity contribution in [3.8, 4) is 0 Å². The zero-order valence-electron chi connectivity index (χ0n) is 13.3. The maximum atomic E-state index is 14.2. The van der Waals surface area contributed by atoms with E-state index in [2.05, 4.69) is 0 Å². The smallest absolute Gasteiger partial charge is 0.323 e. The van der Waals surface area contributed by atoms with Gasteiger partial charge in [0.1, 0.15) is 5.82 Å².